The Hall–Kier alpha value is -2.74. The summed E-state index contributed by atoms with van der Waals surface area (Å²) in [6.07, 6.45) is 2.50. The topological polar surface area (TPSA) is 30.7 Å². The van der Waals surface area contributed by atoms with Crippen LogP contribution in [0.3, 0.4) is 0 Å². The lowest BCUT2D eigenvalue weighted by atomic mass is 10.2. The van der Waals surface area contributed by atoms with Crippen LogP contribution < -0.4 is 0 Å². The van der Waals surface area contributed by atoms with E-state index in [1.54, 1.807) is 12.1 Å². The summed E-state index contributed by atoms with van der Waals surface area (Å²) in [5, 5.41) is 0.379. The smallest absolute Gasteiger partial charge is 0.186 e. The Bertz CT molecular complexity index is 1010. The number of hydrogen-bond acceptors (Lipinski definition) is 3. The van der Waals surface area contributed by atoms with Crippen molar-refractivity contribution in [1.82, 2.24) is 14.5 Å². The first-order valence-corrected chi connectivity index (χ1v) is 7.60. The third-order valence-corrected chi connectivity index (χ3v) is 4.49. The van der Waals surface area contributed by atoms with Crippen molar-refractivity contribution < 1.29 is 17.6 Å². The van der Waals surface area contributed by atoms with Crippen LogP contribution >= 0.6 is 11.3 Å². The lowest BCUT2D eigenvalue weighted by Gasteiger charge is -2.10. The van der Waals surface area contributed by atoms with Crippen LogP contribution in [-0.4, -0.2) is 14.5 Å². The Labute approximate surface area is 136 Å². The molecule has 0 N–H and O–H groups in total. The van der Waals surface area contributed by atoms with E-state index in [9.17, 15) is 17.6 Å². The number of fused-ring (bicyclic) bond motifs is 1. The highest BCUT2D eigenvalue weighted by Crippen LogP contribution is 2.32. The van der Waals surface area contributed by atoms with E-state index in [-0.39, 0.29) is 11.9 Å². The van der Waals surface area contributed by atoms with E-state index in [1.165, 1.54) is 23.7 Å². The number of nitrogens with zero attached hydrogens (tertiary/aromatic N) is 3. The van der Waals surface area contributed by atoms with Gasteiger partial charge in [0.2, 0.25) is 0 Å². The second-order valence-electron chi connectivity index (χ2n) is 4.92. The molecule has 0 aliphatic heterocycles. The van der Waals surface area contributed by atoms with Gasteiger partial charge in [-0.25, -0.2) is 27.5 Å². The number of para-hydroxylation sites is 1. The van der Waals surface area contributed by atoms with Gasteiger partial charge < -0.3 is 0 Å². The van der Waals surface area contributed by atoms with Crippen molar-refractivity contribution >= 4 is 21.6 Å². The van der Waals surface area contributed by atoms with Crippen molar-refractivity contribution in [2.24, 2.45) is 0 Å². The van der Waals surface area contributed by atoms with Crippen LogP contribution in [0.25, 0.3) is 26.7 Å². The minimum atomic E-state index is -1.49. The molecule has 0 fully saturated rings. The van der Waals surface area contributed by atoms with Crippen LogP contribution in [0.1, 0.15) is 0 Å². The van der Waals surface area contributed by atoms with Gasteiger partial charge in [-0.2, -0.15) is 0 Å². The molecule has 2 aromatic carbocycles. The summed E-state index contributed by atoms with van der Waals surface area (Å²) in [7, 11) is 0. The standard InChI is InChI=1S/C16H7F4N3S/c17-8-7-9(18)13(20)14(12(8)19)23-6-5-21-15(23)16-22-10-3-1-2-4-11(10)24-16/h1-7H. The highest BCUT2D eigenvalue weighted by atomic mass is 32.1. The molecule has 0 saturated heterocycles. The zero-order valence-corrected chi connectivity index (χ0v) is 12.6. The van der Waals surface area contributed by atoms with Crippen LogP contribution in [0.2, 0.25) is 0 Å². The Morgan fingerprint density at radius 2 is 1.67 bits per heavy atom. The van der Waals surface area contributed by atoms with E-state index in [4.69, 9.17) is 0 Å². The van der Waals surface area contributed by atoms with E-state index in [1.807, 2.05) is 12.1 Å². The van der Waals surface area contributed by atoms with Gasteiger partial charge in [0.25, 0.3) is 0 Å². The van der Waals surface area contributed by atoms with Crippen LogP contribution in [0, 0.1) is 23.3 Å². The minimum absolute atomic E-state index is 0.0963. The summed E-state index contributed by atoms with van der Waals surface area (Å²) in [4.78, 5) is 8.38. The maximum atomic E-state index is 14.1. The molecule has 4 rings (SSSR count). The summed E-state index contributed by atoms with van der Waals surface area (Å²) in [6.45, 7) is 0. The molecule has 0 amide bonds. The molecule has 24 heavy (non-hydrogen) atoms. The van der Waals surface area contributed by atoms with E-state index in [0.717, 1.165) is 9.27 Å². The normalized spacial score (nSPS) is 11.3. The average molecular weight is 349 g/mol. The molecular weight excluding hydrogens is 342 g/mol. The number of hydrogen-bond donors (Lipinski definition) is 0. The van der Waals surface area contributed by atoms with Crippen molar-refractivity contribution in [3.05, 3.63) is 66.0 Å². The van der Waals surface area contributed by atoms with Gasteiger partial charge in [-0.05, 0) is 12.1 Å². The average Bonchev–Trinajstić information content (AvgIpc) is 3.19. The van der Waals surface area contributed by atoms with Gasteiger partial charge in [-0.1, -0.05) is 12.1 Å². The Morgan fingerprint density at radius 1 is 0.958 bits per heavy atom. The number of benzene rings is 2. The first kappa shape index (κ1) is 14.8. The fourth-order valence-corrected chi connectivity index (χ4v) is 3.34. The molecule has 0 saturated carbocycles. The molecule has 0 radical (unpaired) electrons. The van der Waals surface area contributed by atoms with Crippen molar-refractivity contribution in [2.75, 3.05) is 0 Å². The number of imidazole rings is 1. The zero-order chi connectivity index (χ0) is 16.8. The van der Waals surface area contributed by atoms with Gasteiger partial charge in [0.05, 0.1) is 10.2 Å². The molecule has 0 unspecified atom stereocenters. The molecule has 2 heterocycles. The zero-order valence-electron chi connectivity index (χ0n) is 11.8. The minimum Gasteiger partial charge on any atom is -0.292 e. The Kier molecular flexibility index (Phi) is 3.34. The maximum Gasteiger partial charge on any atom is 0.186 e. The molecule has 0 aliphatic rings. The second kappa shape index (κ2) is 5.41. The van der Waals surface area contributed by atoms with Crippen molar-refractivity contribution in [2.45, 2.75) is 0 Å². The summed E-state index contributed by atoms with van der Waals surface area (Å²) in [5.74, 6) is -5.84. The van der Waals surface area contributed by atoms with Crippen LogP contribution in [0.5, 0.6) is 0 Å². The lowest BCUT2D eigenvalue weighted by Crippen LogP contribution is -2.07. The lowest BCUT2D eigenvalue weighted by molar-refractivity contribution is 0.448. The molecule has 8 heteroatoms. The predicted molar refractivity (Wildman–Crippen MR) is 82.0 cm³/mol. The predicted octanol–water partition coefficient (Wildman–Crippen LogP) is 4.71. The summed E-state index contributed by atoms with van der Waals surface area (Å²) < 4.78 is 56.9. The third-order valence-electron chi connectivity index (χ3n) is 3.46. The highest BCUT2D eigenvalue weighted by molar-refractivity contribution is 7.21. The first-order chi connectivity index (χ1) is 11.6. The molecule has 0 bridgehead atoms. The molecule has 3 nitrogen and oxygen atoms in total. The summed E-state index contributed by atoms with van der Waals surface area (Å²) >= 11 is 1.26. The quantitative estimate of drug-likeness (QED) is 0.388. The Morgan fingerprint density at radius 3 is 2.38 bits per heavy atom. The number of halogens is 4. The molecule has 0 atom stereocenters. The molecule has 2 aromatic heterocycles. The van der Waals surface area contributed by atoms with Gasteiger partial charge in [0, 0.05) is 18.5 Å². The van der Waals surface area contributed by atoms with Gasteiger partial charge in [0.1, 0.15) is 5.69 Å². The van der Waals surface area contributed by atoms with Crippen molar-refractivity contribution in [3.63, 3.8) is 0 Å². The van der Waals surface area contributed by atoms with E-state index in [0.29, 0.717) is 10.5 Å². The fourth-order valence-electron chi connectivity index (χ4n) is 2.38. The molecule has 0 spiro atoms. The van der Waals surface area contributed by atoms with Gasteiger partial charge in [-0.3, -0.25) is 4.57 Å². The SMILES string of the molecule is Fc1cc(F)c(F)c(-n2ccnc2-c2nc3ccccc3s2)c1F. The molecule has 4 aromatic rings. The Balaban J connectivity index is 1.96. The highest BCUT2D eigenvalue weighted by Gasteiger charge is 2.23. The maximum absolute atomic E-state index is 14.1. The number of rotatable bonds is 2. The van der Waals surface area contributed by atoms with Crippen LogP contribution in [0.15, 0.2) is 42.7 Å². The van der Waals surface area contributed by atoms with E-state index in [2.05, 4.69) is 9.97 Å². The van der Waals surface area contributed by atoms with E-state index >= 15 is 0 Å². The van der Waals surface area contributed by atoms with Crippen molar-refractivity contribution in [1.29, 1.82) is 0 Å². The number of aromatic nitrogens is 3. The van der Waals surface area contributed by atoms with E-state index < -0.39 is 29.0 Å². The molecule has 120 valence electrons. The monoisotopic (exact) mass is 349 g/mol. The largest absolute Gasteiger partial charge is 0.292 e. The van der Waals surface area contributed by atoms with Crippen LogP contribution in [0.4, 0.5) is 17.6 Å². The van der Waals surface area contributed by atoms with Gasteiger partial charge in [0.15, 0.2) is 34.1 Å². The third kappa shape index (κ3) is 2.18. The summed E-state index contributed by atoms with van der Waals surface area (Å²) in [6, 6.07) is 7.43. The number of thiazole rings is 1. The molecule has 0 aliphatic carbocycles. The first-order valence-electron chi connectivity index (χ1n) is 6.79. The summed E-state index contributed by atoms with van der Waals surface area (Å²) in [5.41, 5.74) is -0.169. The molecular formula is C16H7F4N3S. The van der Waals surface area contributed by atoms with Crippen LogP contribution in [-0.2, 0) is 0 Å². The van der Waals surface area contributed by atoms with Gasteiger partial charge in [-0.15, -0.1) is 11.3 Å². The van der Waals surface area contributed by atoms with Gasteiger partial charge >= 0.3 is 0 Å². The van der Waals surface area contributed by atoms with Crippen molar-refractivity contribution in [3.8, 4) is 16.5 Å². The second-order valence-corrected chi connectivity index (χ2v) is 5.96. The fraction of sp³-hybridized carbons (Fsp3) is 0.